The van der Waals surface area contributed by atoms with Gasteiger partial charge in [0.05, 0.1) is 0 Å². The normalized spacial score (nSPS) is 10.8. The van der Waals surface area contributed by atoms with Crippen molar-refractivity contribution in [2.24, 2.45) is 10.7 Å². The molecule has 2 rings (SSSR count). The maximum Gasteiger partial charge on any atom is 0.144 e. The van der Waals surface area contributed by atoms with E-state index in [0.717, 1.165) is 17.1 Å². The molecule has 4 heteroatoms. The Labute approximate surface area is 131 Å². The van der Waals surface area contributed by atoms with Crippen molar-refractivity contribution in [3.8, 4) is 0 Å². The van der Waals surface area contributed by atoms with Crippen LogP contribution >= 0.6 is 11.6 Å². The van der Waals surface area contributed by atoms with Crippen molar-refractivity contribution in [3.05, 3.63) is 64.4 Å². The fourth-order valence-corrected chi connectivity index (χ4v) is 2.00. The molecule has 21 heavy (non-hydrogen) atoms. The molecule has 1 aromatic heterocycles. The topological polar surface area (TPSA) is 51.3 Å². The molecule has 0 saturated carbocycles. The number of amidine groups is 1. The zero-order valence-corrected chi connectivity index (χ0v) is 13.6. The van der Waals surface area contributed by atoms with Crippen molar-refractivity contribution >= 4 is 17.4 Å². The van der Waals surface area contributed by atoms with Crippen LogP contribution in [0.1, 0.15) is 30.2 Å². The maximum absolute atomic E-state index is 5.85. The first-order chi connectivity index (χ1) is 10.1. The molecule has 1 aromatic carbocycles. The summed E-state index contributed by atoms with van der Waals surface area (Å²) in [5, 5.41) is 0.846. The fourth-order valence-electron chi connectivity index (χ4n) is 1.81. The van der Waals surface area contributed by atoms with Crippen molar-refractivity contribution in [1.29, 1.82) is 0 Å². The number of hydrogen-bond donors (Lipinski definition) is 1. The summed E-state index contributed by atoms with van der Waals surface area (Å²) in [6, 6.07) is 11.6. The lowest BCUT2D eigenvalue weighted by Crippen LogP contribution is -2.14. The Morgan fingerprint density at radius 1 is 1.29 bits per heavy atom. The number of nitrogens with zero attached hydrogens (tertiary/aromatic N) is 2. The standard InChI is InChI=1S/C10H13Cl.C7H9N3/c1-3-4-9-7-10(11)6-5-8(9)2;1-9-7(8)6-4-2-3-5-10-6/h5-7H,3-4H2,1-2H3;2-5H,1H3,(H2,8,9). The van der Waals surface area contributed by atoms with Gasteiger partial charge in [0.15, 0.2) is 0 Å². The summed E-state index contributed by atoms with van der Waals surface area (Å²) in [6.07, 6.45) is 4.00. The van der Waals surface area contributed by atoms with Crippen LogP contribution in [-0.4, -0.2) is 17.9 Å². The van der Waals surface area contributed by atoms with Crippen LogP contribution in [0.4, 0.5) is 0 Å². The molecule has 0 aliphatic carbocycles. The molecule has 0 amide bonds. The van der Waals surface area contributed by atoms with Crippen LogP contribution in [0.2, 0.25) is 5.02 Å². The van der Waals surface area contributed by atoms with Gasteiger partial charge in [-0.3, -0.25) is 9.98 Å². The average molecular weight is 304 g/mol. The number of halogens is 1. The first kappa shape index (κ1) is 17.2. The Hall–Kier alpha value is -1.87. The molecule has 0 aliphatic heterocycles. The Balaban J connectivity index is 0.000000211. The first-order valence-corrected chi connectivity index (χ1v) is 7.35. The molecule has 0 radical (unpaired) electrons. The highest BCUT2D eigenvalue weighted by atomic mass is 35.5. The van der Waals surface area contributed by atoms with Gasteiger partial charge in [0.2, 0.25) is 0 Å². The summed E-state index contributed by atoms with van der Waals surface area (Å²) in [4.78, 5) is 7.78. The SMILES string of the molecule is CCCc1cc(Cl)ccc1C.CN=C(N)c1ccccn1. The fraction of sp³-hybridized carbons (Fsp3) is 0.294. The minimum atomic E-state index is 0.473. The number of aryl methyl sites for hydroxylation is 2. The second kappa shape index (κ2) is 9.14. The van der Waals surface area contributed by atoms with Crippen molar-refractivity contribution in [2.75, 3.05) is 7.05 Å². The minimum absolute atomic E-state index is 0.473. The molecule has 0 fully saturated rings. The largest absolute Gasteiger partial charge is 0.382 e. The number of hydrogen-bond acceptors (Lipinski definition) is 2. The lowest BCUT2D eigenvalue weighted by Gasteiger charge is -2.03. The molecule has 2 aromatic rings. The summed E-state index contributed by atoms with van der Waals surface area (Å²) in [5.74, 6) is 0.473. The second-order valence-corrected chi connectivity index (χ2v) is 5.08. The quantitative estimate of drug-likeness (QED) is 0.688. The van der Waals surface area contributed by atoms with Crippen LogP contribution in [0.3, 0.4) is 0 Å². The molecule has 0 unspecified atom stereocenters. The van der Waals surface area contributed by atoms with E-state index in [1.807, 2.05) is 24.3 Å². The van der Waals surface area contributed by atoms with E-state index in [0.29, 0.717) is 5.84 Å². The third-order valence-electron chi connectivity index (χ3n) is 3.00. The van der Waals surface area contributed by atoms with Gasteiger partial charge in [-0.25, -0.2) is 0 Å². The number of rotatable bonds is 3. The summed E-state index contributed by atoms with van der Waals surface area (Å²) >= 11 is 5.85. The van der Waals surface area contributed by atoms with Crippen LogP contribution in [-0.2, 0) is 6.42 Å². The van der Waals surface area contributed by atoms with Gasteiger partial charge in [-0.05, 0) is 48.7 Å². The Bertz CT molecular complexity index is 580. The second-order valence-electron chi connectivity index (χ2n) is 4.64. The highest BCUT2D eigenvalue weighted by Gasteiger charge is 1.97. The molecule has 1 heterocycles. The van der Waals surface area contributed by atoms with E-state index >= 15 is 0 Å². The van der Waals surface area contributed by atoms with E-state index in [1.165, 1.54) is 17.5 Å². The van der Waals surface area contributed by atoms with E-state index < -0.39 is 0 Å². The van der Waals surface area contributed by atoms with Gasteiger partial charge in [0.25, 0.3) is 0 Å². The van der Waals surface area contributed by atoms with Crippen LogP contribution in [0.25, 0.3) is 0 Å². The zero-order chi connectivity index (χ0) is 15.7. The summed E-state index contributed by atoms with van der Waals surface area (Å²) < 4.78 is 0. The molecule has 0 spiro atoms. The van der Waals surface area contributed by atoms with Crippen LogP contribution in [0.5, 0.6) is 0 Å². The lowest BCUT2D eigenvalue weighted by molar-refractivity contribution is 0.913. The summed E-state index contributed by atoms with van der Waals surface area (Å²) in [5.41, 5.74) is 8.93. The Kier molecular flexibility index (Phi) is 7.48. The van der Waals surface area contributed by atoms with Crippen molar-refractivity contribution in [3.63, 3.8) is 0 Å². The average Bonchev–Trinajstić information content (AvgIpc) is 2.52. The van der Waals surface area contributed by atoms with E-state index in [1.54, 1.807) is 13.2 Å². The van der Waals surface area contributed by atoms with E-state index in [-0.39, 0.29) is 0 Å². The number of nitrogens with two attached hydrogens (primary N) is 1. The molecule has 0 bridgehead atoms. The van der Waals surface area contributed by atoms with Crippen molar-refractivity contribution in [2.45, 2.75) is 26.7 Å². The van der Waals surface area contributed by atoms with Gasteiger partial charge >= 0.3 is 0 Å². The van der Waals surface area contributed by atoms with Gasteiger partial charge in [-0.2, -0.15) is 0 Å². The predicted octanol–water partition coefficient (Wildman–Crippen LogP) is 4.02. The third-order valence-corrected chi connectivity index (χ3v) is 3.23. The summed E-state index contributed by atoms with van der Waals surface area (Å²) in [6.45, 7) is 4.31. The molecule has 0 saturated heterocycles. The predicted molar refractivity (Wildman–Crippen MR) is 91.1 cm³/mol. The van der Waals surface area contributed by atoms with E-state index in [2.05, 4.69) is 36.0 Å². The number of aromatic nitrogens is 1. The van der Waals surface area contributed by atoms with Gasteiger partial charge in [0.1, 0.15) is 11.5 Å². The molecular weight excluding hydrogens is 282 g/mol. The monoisotopic (exact) mass is 303 g/mol. The number of benzene rings is 1. The summed E-state index contributed by atoms with van der Waals surface area (Å²) in [7, 11) is 1.64. The van der Waals surface area contributed by atoms with Gasteiger partial charge in [-0.15, -0.1) is 0 Å². The molecule has 0 aliphatic rings. The number of aliphatic imine (C=N–C) groups is 1. The van der Waals surface area contributed by atoms with Crippen molar-refractivity contribution in [1.82, 2.24) is 4.98 Å². The maximum atomic E-state index is 5.85. The Morgan fingerprint density at radius 3 is 2.62 bits per heavy atom. The first-order valence-electron chi connectivity index (χ1n) is 6.97. The smallest absolute Gasteiger partial charge is 0.144 e. The van der Waals surface area contributed by atoms with Crippen LogP contribution in [0, 0.1) is 6.92 Å². The van der Waals surface area contributed by atoms with Gasteiger partial charge in [0, 0.05) is 18.3 Å². The van der Waals surface area contributed by atoms with Gasteiger partial charge < -0.3 is 5.73 Å². The molecular formula is C17H22ClN3. The zero-order valence-electron chi connectivity index (χ0n) is 12.8. The Morgan fingerprint density at radius 2 is 2.05 bits per heavy atom. The molecule has 2 N–H and O–H groups in total. The molecule has 3 nitrogen and oxygen atoms in total. The lowest BCUT2D eigenvalue weighted by atomic mass is 10.1. The molecule has 0 atom stereocenters. The van der Waals surface area contributed by atoms with Gasteiger partial charge in [-0.1, -0.05) is 37.1 Å². The number of pyridine rings is 1. The van der Waals surface area contributed by atoms with Crippen LogP contribution in [0.15, 0.2) is 47.6 Å². The minimum Gasteiger partial charge on any atom is -0.382 e. The van der Waals surface area contributed by atoms with E-state index in [9.17, 15) is 0 Å². The van der Waals surface area contributed by atoms with Crippen molar-refractivity contribution < 1.29 is 0 Å². The van der Waals surface area contributed by atoms with Crippen LogP contribution < -0.4 is 5.73 Å². The van der Waals surface area contributed by atoms with E-state index in [4.69, 9.17) is 17.3 Å². The third kappa shape index (κ3) is 5.96. The highest BCUT2D eigenvalue weighted by Crippen LogP contribution is 2.16. The highest BCUT2D eigenvalue weighted by molar-refractivity contribution is 6.30. The molecule has 112 valence electrons.